The van der Waals surface area contributed by atoms with Crippen molar-refractivity contribution in [3.63, 3.8) is 0 Å². The third kappa shape index (κ3) is 6.88. The van der Waals surface area contributed by atoms with E-state index in [1.807, 2.05) is 6.07 Å². The van der Waals surface area contributed by atoms with Gasteiger partial charge in [0.1, 0.15) is 5.60 Å². The predicted molar refractivity (Wildman–Crippen MR) is 128 cm³/mol. The molecule has 0 atom stereocenters. The topological polar surface area (TPSA) is 108 Å². The molecule has 2 aliphatic rings. The number of anilines is 1. The number of carbonyl (C=O) groups is 4. The Hall–Kier alpha value is -2.72. The smallest absolute Gasteiger partial charge is 0.407 e. The third-order valence-corrected chi connectivity index (χ3v) is 6.02. The van der Waals surface area contributed by atoms with Crippen LogP contribution in [0.4, 0.5) is 15.3 Å². The maximum atomic E-state index is 12.5. The van der Waals surface area contributed by atoms with E-state index in [0.717, 1.165) is 23.0 Å². The van der Waals surface area contributed by atoms with Gasteiger partial charge in [0.15, 0.2) is 0 Å². The summed E-state index contributed by atoms with van der Waals surface area (Å²) in [5, 5.41) is 4.97. The second kappa shape index (κ2) is 10.5. The Bertz CT molecular complexity index is 983. The molecule has 1 aromatic carbocycles. The third-order valence-electron chi connectivity index (χ3n) is 4.90. The second-order valence-corrected chi connectivity index (χ2v) is 10.00. The Kier molecular flexibility index (Phi) is 7.91. The number of thioether (sulfide) groups is 1. The molecule has 1 aromatic rings. The summed E-state index contributed by atoms with van der Waals surface area (Å²) in [6, 6.07) is 5.39. The molecule has 0 aliphatic carbocycles. The Morgan fingerprint density at radius 1 is 1.21 bits per heavy atom. The van der Waals surface area contributed by atoms with E-state index in [1.54, 1.807) is 43.9 Å². The van der Waals surface area contributed by atoms with Gasteiger partial charge < -0.3 is 19.9 Å². The van der Waals surface area contributed by atoms with Crippen molar-refractivity contribution in [2.75, 3.05) is 37.6 Å². The number of amides is 4. The molecular weight excluding hydrogens is 468 g/mol. The number of ether oxygens (including phenoxy) is 1. The highest BCUT2D eigenvalue weighted by molar-refractivity contribution is 8.18. The van der Waals surface area contributed by atoms with Crippen molar-refractivity contribution in [2.45, 2.75) is 32.8 Å². The van der Waals surface area contributed by atoms with Gasteiger partial charge in [-0.1, -0.05) is 23.7 Å². The molecule has 2 fully saturated rings. The molecule has 2 N–H and O–H groups in total. The van der Waals surface area contributed by atoms with Crippen molar-refractivity contribution in [1.82, 2.24) is 15.5 Å². The van der Waals surface area contributed by atoms with Crippen molar-refractivity contribution in [3.8, 4) is 0 Å². The predicted octanol–water partition coefficient (Wildman–Crippen LogP) is 3.23. The van der Waals surface area contributed by atoms with E-state index in [1.165, 1.54) is 0 Å². The number of rotatable bonds is 5. The SMILES string of the molecule is CC(C)(C)OC(=O)NCCC(=O)N1CCN(c2c(Cl)cccc2/C=C2\SC(=O)NC2=O)CC1. The van der Waals surface area contributed by atoms with Gasteiger partial charge in [0.25, 0.3) is 11.1 Å². The van der Waals surface area contributed by atoms with Gasteiger partial charge >= 0.3 is 6.09 Å². The van der Waals surface area contributed by atoms with Crippen LogP contribution in [0.3, 0.4) is 0 Å². The van der Waals surface area contributed by atoms with E-state index in [4.69, 9.17) is 16.3 Å². The molecule has 0 unspecified atom stereocenters. The lowest BCUT2D eigenvalue weighted by atomic mass is 10.1. The molecule has 2 saturated heterocycles. The minimum atomic E-state index is -0.590. The Labute approximate surface area is 201 Å². The van der Waals surface area contributed by atoms with E-state index in [0.29, 0.717) is 36.1 Å². The Balaban J connectivity index is 1.57. The summed E-state index contributed by atoms with van der Waals surface area (Å²) in [6.45, 7) is 7.65. The van der Waals surface area contributed by atoms with Gasteiger partial charge in [0.05, 0.1) is 15.6 Å². The molecule has 0 spiro atoms. The Morgan fingerprint density at radius 3 is 2.52 bits per heavy atom. The van der Waals surface area contributed by atoms with Crippen LogP contribution in [-0.4, -0.2) is 66.4 Å². The molecule has 2 aliphatic heterocycles. The number of benzene rings is 1. The maximum Gasteiger partial charge on any atom is 0.407 e. The number of imide groups is 1. The van der Waals surface area contributed by atoms with Gasteiger partial charge in [-0.05, 0) is 44.7 Å². The molecule has 0 saturated carbocycles. The number of nitrogens with one attached hydrogen (secondary N) is 2. The Morgan fingerprint density at radius 2 is 1.91 bits per heavy atom. The van der Waals surface area contributed by atoms with E-state index >= 15 is 0 Å². The van der Waals surface area contributed by atoms with E-state index in [2.05, 4.69) is 15.5 Å². The number of hydrogen-bond donors (Lipinski definition) is 2. The molecular formula is C22H27ClN4O5S. The summed E-state index contributed by atoms with van der Waals surface area (Å²) < 4.78 is 5.17. The number of carbonyl (C=O) groups excluding carboxylic acids is 4. The zero-order valence-corrected chi connectivity index (χ0v) is 20.3. The number of piperazine rings is 1. The molecule has 178 valence electrons. The summed E-state index contributed by atoms with van der Waals surface area (Å²) in [6.07, 6.45) is 1.30. The maximum absolute atomic E-state index is 12.5. The van der Waals surface area contributed by atoms with Gasteiger partial charge in [-0.3, -0.25) is 19.7 Å². The molecule has 33 heavy (non-hydrogen) atoms. The lowest BCUT2D eigenvalue weighted by Crippen LogP contribution is -2.49. The quantitative estimate of drug-likeness (QED) is 0.605. The lowest BCUT2D eigenvalue weighted by molar-refractivity contribution is -0.131. The van der Waals surface area contributed by atoms with Crippen molar-refractivity contribution >= 4 is 58.3 Å². The fourth-order valence-electron chi connectivity index (χ4n) is 3.47. The molecule has 4 amide bonds. The average molecular weight is 495 g/mol. The normalized spacial score (nSPS) is 17.9. The van der Waals surface area contributed by atoms with Crippen LogP contribution < -0.4 is 15.5 Å². The molecule has 9 nitrogen and oxygen atoms in total. The first-order valence-corrected chi connectivity index (χ1v) is 11.8. The zero-order chi connectivity index (χ0) is 24.2. The molecule has 0 radical (unpaired) electrons. The van der Waals surface area contributed by atoms with Crippen molar-refractivity contribution in [1.29, 1.82) is 0 Å². The first kappa shape index (κ1) is 24.9. The number of para-hydroxylation sites is 1. The summed E-state index contributed by atoms with van der Waals surface area (Å²) in [4.78, 5) is 51.8. The van der Waals surface area contributed by atoms with Gasteiger partial charge in [0, 0.05) is 44.7 Å². The standard InChI is InChI=1S/C22H27ClN4O5S/c1-22(2,3)32-20(30)24-8-7-17(28)26-9-11-27(12-10-26)18-14(5-4-6-15(18)23)13-16-19(29)25-21(31)33-16/h4-6,13H,7-12H2,1-3H3,(H,24,30)(H,25,29,31)/b16-13-. The highest BCUT2D eigenvalue weighted by Gasteiger charge is 2.27. The van der Waals surface area contributed by atoms with Crippen LogP contribution in [0.15, 0.2) is 23.1 Å². The highest BCUT2D eigenvalue weighted by Crippen LogP contribution is 2.35. The van der Waals surface area contributed by atoms with Crippen molar-refractivity contribution in [3.05, 3.63) is 33.7 Å². The summed E-state index contributed by atoms with van der Waals surface area (Å²) in [5.74, 6) is -0.476. The number of nitrogens with zero attached hydrogens (tertiary/aromatic N) is 2. The van der Waals surface area contributed by atoms with Crippen molar-refractivity contribution in [2.24, 2.45) is 0 Å². The van der Waals surface area contributed by atoms with Crippen LogP contribution in [0.1, 0.15) is 32.8 Å². The van der Waals surface area contributed by atoms with Crippen LogP contribution in [-0.2, 0) is 14.3 Å². The van der Waals surface area contributed by atoms with Crippen LogP contribution >= 0.6 is 23.4 Å². The van der Waals surface area contributed by atoms with Crippen LogP contribution in [0, 0.1) is 0 Å². The molecule has 11 heteroatoms. The lowest BCUT2D eigenvalue weighted by Gasteiger charge is -2.37. The van der Waals surface area contributed by atoms with E-state index in [-0.39, 0.29) is 18.9 Å². The largest absolute Gasteiger partial charge is 0.444 e. The van der Waals surface area contributed by atoms with Crippen LogP contribution in [0.25, 0.3) is 6.08 Å². The van der Waals surface area contributed by atoms with E-state index < -0.39 is 22.8 Å². The van der Waals surface area contributed by atoms with Gasteiger partial charge in [-0.25, -0.2) is 4.79 Å². The number of halogens is 1. The highest BCUT2D eigenvalue weighted by atomic mass is 35.5. The van der Waals surface area contributed by atoms with Crippen LogP contribution in [0.5, 0.6) is 0 Å². The summed E-state index contributed by atoms with van der Waals surface area (Å²) in [7, 11) is 0. The van der Waals surface area contributed by atoms with Crippen LogP contribution in [0.2, 0.25) is 5.02 Å². The zero-order valence-electron chi connectivity index (χ0n) is 18.8. The molecule has 3 rings (SSSR count). The minimum absolute atomic E-state index is 0.0512. The number of hydrogen-bond acceptors (Lipinski definition) is 7. The van der Waals surface area contributed by atoms with Gasteiger partial charge in [-0.2, -0.15) is 0 Å². The first-order valence-electron chi connectivity index (χ1n) is 10.6. The first-order chi connectivity index (χ1) is 15.5. The fraction of sp³-hybridized carbons (Fsp3) is 0.455. The number of alkyl carbamates (subject to hydrolysis) is 1. The molecule has 2 heterocycles. The minimum Gasteiger partial charge on any atom is -0.444 e. The summed E-state index contributed by atoms with van der Waals surface area (Å²) in [5.41, 5.74) is 0.905. The van der Waals surface area contributed by atoms with Gasteiger partial charge in [0.2, 0.25) is 5.91 Å². The fourth-order valence-corrected chi connectivity index (χ4v) is 4.44. The molecule has 0 aromatic heterocycles. The average Bonchev–Trinajstić information content (AvgIpc) is 3.03. The van der Waals surface area contributed by atoms with Crippen molar-refractivity contribution < 1.29 is 23.9 Å². The summed E-state index contributed by atoms with van der Waals surface area (Å²) >= 11 is 7.33. The monoisotopic (exact) mass is 494 g/mol. The second-order valence-electron chi connectivity index (χ2n) is 8.58. The van der Waals surface area contributed by atoms with E-state index in [9.17, 15) is 19.2 Å². The molecule has 0 bridgehead atoms. The van der Waals surface area contributed by atoms with Gasteiger partial charge in [-0.15, -0.1) is 0 Å².